The lowest BCUT2D eigenvalue weighted by Gasteiger charge is -2.37. The van der Waals surface area contributed by atoms with Crippen LogP contribution >= 0.6 is 0 Å². The number of hydrogen-bond donors (Lipinski definition) is 2. The van der Waals surface area contributed by atoms with Gasteiger partial charge in [-0.3, -0.25) is 4.79 Å². The summed E-state index contributed by atoms with van der Waals surface area (Å²) in [6, 6.07) is 0. The number of carbonyl (C=O) groups is 1. The summed E-state index contributed by atoms with van der Waals surface area (Å²) >= 11 is 0. The molecule has 2 aliphatic rings. The molecule has 0 aromatic carbocycles. The Bertz CT molecular complexity index is 344. The topological polar surface area (TPSA) is 61.9 Å². The number of hydrogen-bond acceptors (Lipinski definition) is 4. The maximum Gasteiger partial charge on any atom is 0.174 e. The Labute approximate surface area is 122 Å². The lowest BCUT2D eigenvalue weighted by atomic mass is 9.72. The SMILES string of the molecule is CNC(C)(C)[C@@H](CC1CCCCC1)C(=O)[C@@]1(CO)CO1. The Balaban J connectivity index is 2.10. The molecule has 2 rings (SSSR count). The average molecular weight is 283 g/mol. The van der Waals surface area contributed by atoms with Crippen LogP contribution in [-0.4, -0.2) is 42.3 Å². The second-order valence-electron chi connectivity index (χ2n) is 7.07. The lowest BCUT2D eigenvalue weighted by Crippen LogP contribution is -2.52. The van der Waals surface area contributed by atoms with Crippen molar-refractivity contribution >= 4 is 5.78 Å². The molecule has 4 heteroatoms. The molecule has 20 heavy (non-hydrogen) atoms. The molecular formula is C16H29NO3. The van der Waals surface area contributed by atoms with E-state index in [1.54, 1.807) is 0 Å². The number of carbonyl (C=O) groups excluding carboxylic acids is 1. The zero-order valence-corrected chi connectivity index (χ0v) is 13.1. The fourth-order valence-electron chi connectivity index (χ4n) is 3.38. The minimum atomic E-state index is -0.895. The molecule has 2 N–H and O–H groups in total. The molecule has 2 atom stereocenters. The first-order valence-corrected chi connectivity index (χ1v) is 7.93. The molecule has 4 nitrogen and oxygen atoms in total. The highest BCUT2D eigenvalue weighted by molar-refractivity contribution is 5.92. The molecule has 0 aromatic heterocycles. The minimum Gasteiger partial charge on any atom is -0.393 e. The summed E-state index contributed by atoms with van der Waals surface area (Å²) in [5.41, 5.74) is -1.16. The standard InChI is InChI=1S/C16H29NO3/c1-15(2,17-3)13(9-12-7-5-4-6-8-12)14(19)16(10-18)11-20-16/h12-13,17-18H,4-11H2,1-3H3/t13-,16+/m0/s1. The van der Waals surface area contributed by atoms with E-state index in [2.05, 4.69) is 19.2 Å². The summed E-state index contributed by atoms with van der Waals surface area (Å²) in [4.78, 5) is 12.8. The molecule has 0 amide bonds. The number of ketones is 1. The van der Waals surface area contributed by atoms with Gasteiger partial charge in [0.1, 0.15) is 0 Å². The number of rotatable bonds is 7. The highest BCUT2D eigenvalue weighted by Crippen LogP contribution is 2.39. The fraction of sp³-hybridized carbons (Fsp3) is 0.938. The van der Waals surface area contributed by atoms with E-state index in [1.807, 2.05) is 7.05 Å². The summed E-state index contributed by atoms with van der Waals surface area (Å²) in [7, 11) is 1.90. The van der Waals surface area contributed by atoms with E-state index in [0.29, 0.717) is 12.5 Å². The number of aliphatic hydroxyl groups excluding tert-OH is 1. The quantitative estimate of drug-likeness (QED) is 0.701. The van der Waals surface area contributed by atoms with Crippen molar-refractivity contribution in [2.45, 2.75) is 63.5 Å². The van der Waals surface area contributed by atoms with Crippen molar-refractivity contribution in [1.82, 2.24) is 5.32 Å². The summed E-state index contributed by atoms with van der Waals surface area (Å²) in [6.07, 6.45) is 7.28. The average Bonchev–Trinajstić information content (AvgIpc) is 3.26. The fourth-order valence-corrected chi connectivity index (χ4v) is 3.38. The lowest BCUT2D eigenvalue weighted by molar-refractivity contribution is -0.132. The number of ether oxygens (including phenoxy) is 1. The van der Waals surface area contributed by atoms with E-state index in [9.17, 15) is 9.90 Å². The molecule has 1 aliphatic heterocycles. The van der Waals surface area contributed by atoms with Crippen molar-refractivity contribution in [2.24, 2.45) is 11.8 Å². The number of aliphatic hydroxyl groups is 1. The normalized spacial score (nSPS) is 29.2. The van der Waals surface area contributed by atoms with Crippen LogP contribution in [0.4, 0.5) is 0 Å². The van der Waals surface area contributed by atoms with Gasteiger partial charge in [-0.1, -0.05) is 32.1 Å². The van der Waals surface area contributed by atoms with E-state index >= 15 is 0 Å². The van der Waals surface area contributed by atoms with Crippen molar-refractivity contribution in [1.29, 1.82) is 0 Å². The monoisotopic (exact) mass is 283 g/mol. The first kappa shape index (κ1) is 15.9. The minimum absolute atomic E-state index is 0.0879. The molecule has 116 valence electrons. The van der Waals surface area contributed by atoms with Gasteiger partial charge in [0.05, 0.1) is 13.2 Å². The Morgan fingerprint density at radius 3 is 2.45 bits per heavy atom. The third kappa shape index (κ3) is 3.23. The summed E-state index contributed by atoms with van der Waals surface area (Å²) < 4.78 is 5.29. The van der Waals surface area contributed by atoms with Gasteiger partial charge < -0.3 is 15.2 Å². The first-order chi connectivity index (χ1) is 9.45. The van der Waals surface area contributed by atoms with E-state index in [0.717, 1.165) is 6.42 Å². The zero-order valence-electron chi connectivity index (χ0n) is 13.1. The van der Waals surface area contributed by atoms with Crippen LogP contribution in [0.3, 0.4) is 0 Å². The van der Waals surface area contributed by atoms with Crippen LogP contribution in [0.15, 0.2) is 0 Å². The molecular weight excluding hydrogens is 254 g/mol. The van der Waals surface area contributed by atoms with Crippen molar-refractivity contribution in [3.63, 3.8) is 0 Å². The smallest absolute Gasteiger partial charge is 0.174 e. The van der Waals surface area contributed by atoms with Crippen LogP contribution < -0.4 is 5.32 Å². The van der Waals surface area contributed by atoms with Gasteiger partial charge in [0.25, 0.3) is 0 Å². The Morgan fingerprint density at radius 2 is 2.00 bits per heavy atom. The molecule has 1 heterocycles. The van der Waals surface area contributed by atoms with E-state index in [1.165, 1.54) is 32.1 Å². The molecule has 0 radical (unpaired) electrons. The van der Waals surface area contributed by atoms with Gasteiger partial charge in [-0.2, -0.15) is 0 Å². The molecule has 0 spiro atoms. The number of Topliss-reactive ketones (excluding diaryl/α,β-unsaturated/α-hetero) is 1. The van der Waals surface area contributed by atoms with Crippen molar-refractivity contribution < 1.29 is 14.6 Å². The van der Waals surface area contributed by atoms with Crippen molar-refractivity contribution in [3.8, 4) is 0 Å². The van der Waals surface area contributed by atoms with Gasteiger partial charge in [0, 0.05) is 11.5 Å². The van der Waals surface area contributed by atoms with E-state index in [4.69, 9.17) is 4.74 Å². The van der Waals surface area contributed by atoms with Gasteiger partial charge in [-0.15, -0.1) is 0 Å². The van der Waals surface area contributed by atoms with Crippen LogP contribution in [0.1, 0.15) is 52.4 Å². The molecule has 0 bridgehead atoms. The second kappa shape index (κ2) is 6.12. The largest absolute Gasteiger partial charge is 0.393 e. The van der Waals surface area contributed by atoms with Gasteiger partial charge in [0.15, 0.2) is 11.4 Å². The summed E-state index contributed by atoms with van der Waals surface area (Å²) in [6.45, 7) is 4.34. The molecule has 1 aliphatic carbocycles. The highest BCUT2D eigenvalue weighted by Gasteiger charge is 2.56. The Kier molecular flexibility index (Phi) is 4.88. The van der Waals surface area contributed by atoms with E-state index < -0.39 is 5.60 Å². The molecule has 1 saturated heterocycles. The predicted octanol–water partition coefficient (Wildman–Crippen LogP) is 1.90. The summed E-state index contributed by atoms with van der Waals surface area (Å²) in [5.74, 6) is 0.634. The number of epoxide rings is 1. The van der Waals surface area contributed by atoms with E-state index in [-0.39, 0.29) is 23.8 Å². The van der Waals surface area contributed by atoms with Crippen LogP contribution in [0, 0.1) is 11.8 Å². The van der Waals surface area contributed by atoms with Gasteiger partial charge in [-0.05, 0) is 33.2 Å². The van der Waals surface area contributed by atoms with Gasteiger partial charge >= 0.3 is 0 Å². The van der Waals surface area contributed by atoms with Crippen molar-refractivity contribution in [3.05, 3.63) is 0 Å². The second-order valence-corrected chi connectivity index (χ2v) is 7.07. The first-order valence-electron chi connectivity index (χ1n) is 7.93. The van der Waals surface area contributed by atoms with Gasteiger partial charge in [0.2, 0.25) is 0 Å². The van der Waals surface area contributed by atoms with Crippen LogP contribution in [0.2, 0.25) is 0 Å². The maximum atomic E-state index is 12.8. The Morgan fingerprint density at radius 1 is 1.40 bits per heavy atom. The Hall–Kier alpha value is -0.450. The molecule has 2 fully saturated rings. The van der Waals surface area contributed by atoms with Crippen LogP contribution in [-0.2, 0) is 9.53 Å². The summed E-state index contributed by atoms with van der Waals surface area (Å²) in [5, 5.41) is 12.7. The van der Waals surface area contributed by atoms with Crippen molar-refractivity contribution in [2.75, 3.05) is 20.3 Å². The van der Waals surface area contributed by atoms with Gasteiger partial charge in [-0.25, -0.2) is 0 Å². The van der Waals surface area contributed by atoms with Crippen LogP contribution in [0.25, 0.3) is 0 Å². The predicted molar refractivity (Wildman–Crippen MR) is 78.6 cm³/mol. The molecule has 0 unspecified atom stereocenters. The third-order valence-electron chi connectivity index (χ3n) is 5.32. The molecule has 0 aromatic rings. The molecule has 1 saturated carbocycles. The number of nitrogens with one attached hydrogen (secondary N) is 1. The third-order valence-corrected chi connectivity index (χ3v) is 5.32. The maximum absolute atomic E-state index is 12.8. The van der Waals surface area contributed by atoms with Crippen LogP contribution in [0.5, 0.6) is 0 Å². The zero-order chi connectivity index (χ0) is 14.8. The highest BCUT2D eigenvalue weighted by atomic mass is 16.6.